The number of furan rings is 1. The van der Waals surface area contributed by atoms with E-state index in [9.17, 15) is 0 Å². The lowest BCUT2D eigenvalue weighted by atomic mass is 10.0. The largest absolute Gasteiger partial charge is 0.465 e. The number of anilines is 3. The van der Waals surface area contributed by atoms with Gasteiger partial charge in [-0.15, -0.1) is 0 Å². The molecule has 0 unspecified atom stereocenters. The number of aryl methyl sites for hydroxylation is 1. The summed E-state index contributed by atoms with van der Waals surface area (Å²) in [4.78, 5) is 14.4. The highest BCUT2D eigenvalue weighted by atomic mass is 32.1. The van der Waals surface area contributed by atoms with Crippen LogP contribution in [0.4, 0.5) is 17.6 Å². The molecule has 162 valence electrons. The van der Waals surface area contributed by atoms with Gasteiger partial charge in [-0.2, -0.15) is 9.97 Å². The standard InChI is InChI=1S/C22H32N6OS/c1-16-8-4-7-13-28(16)20-14-19(27-11-5-3-6-12-27)24-21(25-20)26-22(30)23-15-18-10-9-17(2)29-18/h9-10,14,16H,3-8,11-13,15H2,1-2H3,(H2,23,24,25,26,30)/t16-/m0/s1. The third-order valence-electron chi connectivity index (χ3n) is 5.92. The topological polar surface area (TPSA) is 69.5 Å². The highest BCUT2D eigenvalue weighted by Crippen LogP contribution is 2.28. The van der Waals surface area contributed by atoms with Gasteiger partial charge in [-0.05, 0) is 76.7 Å². The number of thiocarbonyl (C=S) groups is 1. The normalized spacial score (nSPS) is 19.6. The van der Waals surface area contributed by atoms with Crippen LogP contribution in [0.2, 0.25) is 0 Å². The van der Waals surface area contributed by atoms with Crippen LogP contribution in [0.3, 0.4) is 0 Å². The number of nitrogens with one attached hydrogen (secondary N) is 2. The Balaban J connectivity index is 1.51. The Morgan fingerprint density at radius 2 is 1.87 bits per heavy atom. The Labute approximate surface area is 184 Å². The van der Waals surface area contributed by atoms with Crippen LogP contribution in [0.25, 0.3) is 0 Å². The van der Waals surface area contributed by atoms with Crippen LogP contribution in [-0.2, 0) is 6.54 Å². The summed E-state index contributed by atoms with van der Waals surface area (Å²) in [6.45, 7) is 7.88. The molecule has 1 atom stereocenters. The first-order valence-electron chi connectivity index (χ1n) is 11.1. The Bertz CT molecular complexity index is 863. The predicted molar refractivity (Wildman–Crippen MR) is 125 cm³/mol. The summed E-state index contributed by atoms with van der Waals surface area (Å²) in [5.74, 6) is 4.28. The van der Waals surface area contributed by atoms with Crippen molar-refractivity contribution in [2.24, 2.45) is 0 Å². The molecule has 2 aliphatic heterocycles. The molecule has 0 spiro atoms. The Hall–Kier alpha value is -2.35. The lowest BCUT2D eigenvalue weighted by Gasteiger charge is -2.35. The number of rotatable bonds is 5. The van der Waals surface area contributed by atoms with E-state index in [1.165, 1.54) is 38.5 Å². The molecule has 2 aliphatic rings. The predicted octanol–water partition coefficient (Wildman–Crippen LogP) is 4.23. The minimum Gasteiger partial charge on any atom is -0.465 e. The zero-order chi connectivity index (χ0) is 20.9. The number of nitrogens with zero attached hydrogens (tertiary/aromatic N) is 4. The molecule has 8 heteroatoms. The second-order valence-corrected chi connectivity index (χ2v) is 8.72. The van der Waals surface area contributed by atoms with Crippen molar-refractivity contribution in [3.8, 4) is 0 Å². The van der Waals surface area contributed by atoms with Gasteiger partial charge in [-0.1, -0.05) is 0 Å². The number of hydrogen-bond acceptors (Lipinski definition) is 6. The van der Waals surface area contributed by atoms with Crippen LogP contribution >= 0.6 is 12.2 Å². The van der Waals surface area contributed by atoms with E-state index < -0.39 is 0 Å². The second-order valence-electron chi connectivity index (χ2n) is 8.31. The number of hydrogen-bond donors (Lipinski definition) is 2. The first kappa shape index (κ1) is 20.9. The van der Waals surface area contributed by atoms with Crippen molar-refractivity contribution in [3.05, 3.63) is 29.7 Å². The summed E-state index contributed by atoms with van der Waals surface area (Å²) < 4.78 is 5.60. The molecule has 2 saturated heterocycles. The molecule has 0 aliphatic carbocycles. The smallest absolute Gasteiger partial charge is 0.232 e. The number of aromatic nitrogens is 2. The van der Waals surface area contributed by atoms with Crippen molar-refractivity contribution in [1.82, 2.24) is 15.3 Å². The summed E-state index contributed by atoms with van der Waals surface area (Å²) in [6.07, 6.45) is 7.42. The first-order valence-corrected chi connectivity index (χ1v) is 11.5. The van der Waals surface area contributed by atoms with Crippen LogP contribution < -0.4 is 20.4 Å². The van der Waals surface area contributed by atoms with Gasteiger partial charge in [0, 0.05) is 31.7 Å². The molecule has 2 aromatic rings. The summed E-state index contributed by atoms with van der Waals surface area (Å²) in [5, 5.41) is 6.88. The molecule has 0 amide bonds. The third-order valence-corrected chi connectivity index (χ3v) is 6.17. The van der Waals surface area contributed by atoms with Crippen molar-refractivity contribution in [3.63, 3.8) is 0 Å². The molecule has 30 heavy (non-hydrogen) atoms. The Morgan fingerprint density at radius 3 is 2.60 bits per heavy atom. The molecular weight excluding hydrogens is 396 g/mol. The van der Waals surface area contributed by atoms with Gasteiger partial charge in [0.1, 0.15) is 23.2 Å². The fraction of sp³-hybridized carbons (Fsp3) is 0.591. The molecular formula is C22H32N6OS. The second kappa shape index (κ2) is 9.64. The Kier molecular flexibility index (Phi) is 6.72. The van der Waals surface area contributed by atoms with E-state index in [1.54, 1.807) is 0 Å². The molecule has 0 bridgehead atoms. The minimum absolute atomic E-state index is 0.489. The summed E-state index contributed by atoms with van der Waals surface area (Å²) in [5.41, 5.74) is 0. The lowest BCUT2D eigenvalue weighted by Crippen LogP contribution is -2.39. The van der Waals surface area contributed by atoms with E-state index in [1.807, 2.05) is 19.1 Å². The van der Waals surface area contributed by atoms with Crippen molar-refractivity contribution >= 4 is 34.9 Å². The van der Waals surface area contributed by atoms with Crippen LogP contribution in [0.15, 0.2) is 22.6 Å². The highest BCUT2D eigenvalue weighted by molar-refractivity contribution is 7.80. The van der Waals surface area contributed by atoms with Crippen molar-refractivity contribution in [2.75, 3.05) is 34.8 Å². The Morgan fingerprint density at radius 1 is 1.10 bits per heavy atom. The molecule has 4 heterocycles. The van der Waals surface area contributed by atoms with E-state index in [2.05, 4.69) is 33.4 Å². The van der Waals surface area contributed by atoms with Gasteiger partial charge in [0.25, 0.3) is 0 Å². The molecule has 7 nitrogen and oxygen atoms in total. The summed E-state index contributed by atoms with van der Waals surface area (Å²) >= 11 is 5.49. The molecule has 2 aromatic heterocycles. The molecule has 4 rings (SSSR count). The average Bonchev–Trinajstić information content (AvgIpc) is 3.18. The van der Waals surface area contributed by atoms with Crippen molar-refractivity contribution in [2.45, 2.75) is 65.0 Å². The fourth-order valence-corrected chi connectivity index (χ4v) is 4.41. The highest BCUT2D eigenvalue weighted by Gasteiger charge is 2.23. The van der Waals surface area contributed by atoms with E-state index in [0.29, 0.717) is 23.6 Å². The molecule has 0 radical (unpaired) electrons. The first-order chi connectivity index (χ1) is 14.6. The average molecular weight is 429 g/mol. The van der Waals surface area contributed by atoms with Crippen LogP contribution in [0.1, 0.15) is 57.0 Å². The van der Waals surface area contributed by atoms with Gasteiger partial charge in [0.15, 0.2) is 5.11 Å². The van der Waals surface area contributed by atoms with Gasteiger partial charge in [-0.25, -0.2) is 0 Å². The van der Waals surface area contributed by atoms with Gasteiger partial charge in [0.2, 0.25) is 5.95 Å². The molecule has 0 saturated carbocycles. The lowest BCUT2D eigenvalue weighted by molar-refractivity contribution is 0.478. The summed E-state index contributed by atoms with van der Waals surface area (Å²) in [7, 11) is 0. The molecule has 0 aromatic carbocycles. The van der Waals surface area contributed by atoms with Crippen LogP contribution in [-0.4, -0.2) is 40.8 Å². The van der Waals surface area contributed by atoms with E-state index in [0.717, 1.165) is 42.8 Å². The van der Waals surface area contributed by atoms with Gasteiger partial charge in [-0.3, -0.25) is 0 Å². The third kappa shape index (κ3) is 5.22. The molecule has 2 N–H and O–H groups in total. The molecule has 2 fully saturated rings. The van der Waals surface area contributed by atoms with Crippen LogP contribution in [0.5, 0.6) is 0 Å². The monoisotopic (exact) mass is 428 g/mol. The zero-order valence-corrected chi connectivity index (χ0v) is 18.8. The van der Waals surface area contributed by atoms with Crippen molar-refractivity contribution in [1.29, 1.82) is 0 Å². The maximum atomic E-state index is 5.60. The number of piperidine rings is 2. The zero-order valence-electron chi connectivity index (χ0n) is 18.0. The van der Waals surface area contributed by atoms with E-state index in [4.69, 9.17) is 26.6 Å². The summed E-state index contributed by atoms with van der Waals surface area (Å²) in [6, 6.07) is 6.54. The maximum absolute atomic E-state index is 5.60. The van der Waals surface area contributed by atoms with E-state index in [-0.39, 0.29) is 0 Å². The van der Waals surface area contributed by atoms with E-state index >= 15 is 0 Å². The van der Waals surface area contributed by atoms with Gasteiger partial charge < -0.3 is 24.9 Å². The van der Waals surface area contributed by atoms with Crippen molar-refractivity contribution < 1.29 is 4.42 Å². The fourth-order valence-electron chi connectivity index (χ4n) is 4.24. The van der Waals surface area contributed by atoms with Gasteiger partial charge in [0.05, 0.1) is 6.54 Å². The van der Waals surface area contributed by atoms with Crippen LogP contribution in [0, 0.1) is 6.92 Å². The quantitative estimate of drug-likeness (QED) is 0.686. The maximum Gasteiger partial charge on any atom is 0.232 e. The SMILES string of the molecule is Cc1ccc(CNC(=S)Nc2nc(N3CCCCC3)cc(N3CCCC[C@@H]3C)n2)o1. The van der Waals surface area contributed by atoms with Gasteiger partial charge >= 0.3 is 0 Å². The minimum atomic E-state index is 0.489.